The third kappa shape index (κ3) is 4.31. The second-order valence-electron chi connectivity index (χ2n) is 4.61. The minimum absolute atomic E-state index is 0.0728. The highest BCUT2D eigenvalue weighted by atomic mass is 32.1. The summed E-state index contributed by atoms with van der Waals surface area (Å²) in [5.41, 5.74) is 2.14. The Morgan fingerprint density at radius 2 is 2.12 bits per heavy atom. The number of carbonyl (C=O) groups is 1. The number of benzene rings is 1. The van der Waals surface area contributed by atoms with E-state index >= 15 is 0 Å². The molecule has 1 aromatic carbocycles. The molecule has 128 valence electrons. The zero-order chi connectivity index (χ0) is 17.7. The first-order valence-corrected chi connectivity index (χ1v) is 7.74. The molecule has 2 aromatic rings. The molecule has 0 aliphatic heterocycles. The number of ether oxygens (including phenoxy) is 1. The predicted octanol–water partition coefficient (Wildman–Crippen LogP) is 4.09. The van der Waals surface area contributed by atoms with Crippen molar-refractivity contribution >= 4 is 28.7 Å². The lowest BCUT2D eigenvalue weighted by Gasteiger charge is -2.08. The van der Waals surface area contributed by atoms with Gasteiger partial charge >= 0.3 is 12.1 Å². The number of esters is 1. The molecule has 0 fully saturated rings. The SMILES string of the molecule is CCOC(=O)c1sc(N/N=C/c2ccccc2C(F)(F)F)nc1C. The van der Waals surface area contributed by atoms with Crippen LogP contribution in [0.15, 0.2) is 29.4 Å². The fourth-order valence-electron chi connectivity index (χ4n) is 1.86. The van der Waals surface area contributed by atoms with Crippen molar-refractivity contribution in [1.29, 1.82) is 0 Å². The van der Waals surface area contributed by atoms with E-state index < -0.39 is 17.7 Å². The number of anilines is 1. The molecule has 1 heterocycles. The number of thiazole rings is 1. The number of nitrogens with zero attached hydrogens (tertiary/aromatic N) is 2. The molecule has 0 radical (unpaired) electrons. The molecule has 0 spiro atoms. The molecule has 0 aliphatic rings. The van der Waals surface area contributed by atoms with Crippen molar-refractivity contribution in [3.05, 3.63) is 46.0 Å². The quantitative estimate of drug-likeness (QED) is 0.497. The maximum Gasteiger partial charge on any atom is 0.417 e. The number of halogens is 3. The molecule has 1 aromatic heterocycles. The van der Waals surface area contributed by atoms with Crippen LogP contribution in [0.2, 0.25) is 0 Å². The minimum Gasteiger partial charge on any atom is -0.462 e. The summed E-state index contributed by atoms with van der Waals surface area (Å²) >= 11 is 1.02. The molecule has 0 saturated heterocycles. The number of nitrogens with one attached hydrogen (secondary N) is 1. The van der Waals surface area contributed by atoms with Crippen molar-refractivity contribution in [2.45, 2.75) is 20.0 Å². The number of hydrogen-bond acceptors (Lipinski definition) is 6. The molecule has 5 nitrogen and oxygen atoms in total. The van der Waals surface area contributed by atoms with Crippen molar-refractivity contribution in [2.75, 3.05) is 12.0 Å². The van der Waals surface area contributed by atoms with E-state index in [4.69, 9.17) is 4.74 Å². The summed E-state index contributed by atoms with van der Waals surface area (Å²) in [6, 6.07) is 5.09. The third-order valence-electron chi connectivity index (χ3n) is 2.89. The third-order valence-corrected chi connectivity index (χ3v) is 3.93. The summed E-state index contributed by atoms with van der Waals surface area (Å²) in [4.78, 5) is 16.1. The first kappa shape index (κ1) is 17.9. The first-order valence-electron chi connectivity index (χ1n) is 6.92. The van der Waals surface area contributed by atoms with Gasteiger partial charge in [0.25, 0.3) is 0 Å². The fraction of sp³-hybridized carbons (Fsp3) is 0.267. The van der Waals surface area contributed by atoms with Crippen LogP contribution in [0, 0.1) is 6.92 Å². The molecule has 2 rings (SSSR count). The van der Waals surface area contributed by atoms with E-state index in [0.29, 0.717) is 10.6 Å². The van der Waals surface area contributed by atoms with Gasteiger partial charge in [-0.1, -0.05) is 29.5 Å². The van der Waals surface area contributed by atoms with Gasteiger partial charge in [-0.05, 0) is 19.9 Å². The number of hydrazone groups is 1. The van der Waals surface area contributed by atoms with E-state index in [-0.39, 0.29) is 17.3 Å². The lowest BCUT2D eigenvalue weighted by atomic mass is 10.1. The second-order valence-corrected chi connectivity index (χ2v) is 5.61. The Bertz CT molecular complexity index is 757. The molecular weight excluding hydrogens is 343 g/mol. The van der Waals surface area contributed by atoms with E-state index in [9.17, 15) is 18.0 Å². The molecule has 1 N–H and O–H groups in total. The normalized spacial score (nSPS) is 11.7. The smallest absolute Gasteiger partial charge is 0.417 e. The van der Waals surface area contributed by atoms with Crippen LogP contribution in [0.4, 0.5) is 18.3 Å². The molecule has 0 unspecified atom stereocenters. The van der Waals surface area contributed by atoms with Crippen LogP contribution < -0.4 is 5.43 Å². The number of rotatable bonds is 5. The molecule has 0 amide bonds. The fourth-order valence-corrected chi connectivity index (χ4v) is 2.66. The summed E-state index contributed by atoms with van der Waals surface area (Å²) in [6.45, 7) is 3.57. The van der Waals surface area contributed by atoms with Gasteiger partial charge in [-0.2, -0.15) is 18.3 Å². The molecule has 0 saturated carbocycles. The monoisotopic (exact) mass is 357 g/mol. The molecule has 0 aliphatic carbocycles. The maximum absolute atomic E-state index is 12.9. The van der Waals surface area contributed by atoms with Gasteiger partial charge < -0.3 is 4.74 Å². The number of alkyl halides is 3. The van der Waals surface area contributed by atoms with E-state index in [0.717, 1.165) is 23.6 Å². The van der Waals surface area contributed by atoms with E-state index in [2.05, 4.69) is 15.5 Å². The highest BCUT2D eigenvalue weighted by Crippen LogP contribution is 2.31. The average molecular weight is 357 g/mol. The van der Waals surface area contributed by atoms with Crippen LogP contribution in [0.5, 0.6) is 0 Å². The number of aryl methyl sites for hydroxylation is 1. The van der Waals surface area contributed by atoms with Crippen molar-refractivity contribution in [1.82, 2.24) is 4.98 Å². The van der Waals surface area contributed by atoms with Gasteiger partial charge in [-0.25, -0.2) is 9.78 Å². The summed E-state index contributed by atoms with van der Waals surface area (Å²) in [5.74, 6) is -0.494. The van der Waals surface area contributed by atoms with Crippen molar-refractivity contribution in [3.63, 3.8) is 0 Å². The Hall–Kier alpha value is -2.42. The van der Waals surface area contributed by atoms with Crippen molar-refractivity contribution in [3.8, 4) is 0 Å². The summed E-state index contributed by atoms with van der Waals surface area (Å²) < 4.78 is 43.5. The lowest BCUT2D eigenvalue weighted by Crippen LogP contribution is -2.08. The van der Waals surface area contributed by atoms with Crippen LogP contribution in [-0.4, -0.2) is 23.8 Å². The van der Waals surface area contributed by atoms with Crippen LogP contribution in [0.25, 0.3) is 0 Å². The number of aromatic nitrogens is 1. The van der Waals surface area contributed by atoms with Gasteiger partial charge in [0.1, 0.15) is 4.88 Å². The van der Waals surface area contributed by atoms with Gasteiger partial charge in [0, 0.05) is 5.56 Å². The van der Waals surface area contributed by atoms with E-state index in [1.165, 1.54) is 18.2 Å². The first-order chi connectivity index (χ1) is 11.3. The van der Waals surface area contributed by atoms with Crippen molar-refractivity contribution in [2.24, 2.45) is 5.10 Å². The van der Waals surface area contributed by atoms with Crippen LogP contribution in [0.3, 0.4) is 0 Å². The van der Waals surface area contributed by atoms with Gasteiger partial charge in [0.05, 0.1) is 24.1 Å². The lowest BCUT2D eigenvalue weighted by molar-refractivity contribution is -0.137. The molecule has 9 heteroatoms. The largest absolute Gasteiger partial charge is 0.462 e. The Balaban J connectivity index is 2.13. The standard InChI is InChI=1S/C15H14F3N3O2S/c1-3-23-13(22)12-9(2)20-14(24-12)21-19-8-10-6-4-5-7-11(10)15(16,17)18/h4-8H,3H2,1-2H3,(H,20,21)/b19-8+. The van der Waals surface area contributed by atoms with Gasteiger partial charge in [0.2, 0.25) is 5.13 Å². The summed E-state index contributed by atoms with van der Waals surface area (Å²) in [7, 11) is 0. The topological polar surface area (TPSA) is 63.6 Å². The number of carbonyl (C=O) groups excluding carboxylic acids is 1. The zero-order valence-electron chi connectivity index (χ0n) is 12.8. The summed E-state index contributed by atoms with van der Waals surface area (Å²) in [5, 5.41) is 4.05. The van der Waals surface area contributed by atoms with Crippen molar-refractivity contribution < 1.29 is 22.7 Å². The summed E-state index contributed by atoms with van der Waals surface area (Å²) in [6.07, 6.45) is -3.40. The van der Waals surface area contributed by atoms with Gasteiger partial charge in [0.15, 0.2) is 0 Å². The Morgan fingerprint density at radius 1 is 1.42 bits per heavy atom. The predicted molar refractivity (Wildman–Crippen MR) is 85.5 cm³/mol. The van der Waals surface area contributed by atoms with E-state index in [1.54, 1.807) is 13.8 Å². The number of hydrogen-bond donors (Lipinski definition) is 1. The van der Waals surface area contributed by atoms with E-state index in [1.807, 2.05) is 0 Å². The Labute approximate surface area is 140 Å². The van der Waals surface area contributed by atoms with Crippen LogP contribution in [0.1, 0.15) is 33.4 Å². The highest BCUT2D eigenvalue weighted by Gasteiger charge is 2.32. The highest BCUT2D eigenvalue weighted by molar-refractivity contribution is 7.17. The average Bonchev–Trinajstić information content (AvgIpc) is 2.88. The second kappa shape index (κ2) is 7.43. The molecule has 24 heavy (non-hydrogen) atoms. The molecular formula is C15H14F3N3O2S. The van der Waals surface area contributed by atoms with Crippen LogP contribution in [-0.2, 0) is 10.9 Å². The van der Waals surface area contributed by atoms with Gasteiger partial charge in [-0.3, -0.25) is 5.43 Å². The van der Waals surface area contributed by atoms with Gasteiger partial charge in [-0.15, -0.1) is 0 Å². The van der Waals surface area contributed by atoms with Crippen LogP contribution >= 0.6 is 11.3 Å². The molecule has 0 bridgehead atoms. The molecule has 0 atom stereocenters. The zero-order valence-corrected chi connectivity index (χ0v) is 13.7. The maximum atomic E-state index is 12.9. The minimum atomic E-state index is -4.46. The Kier molecular flexibility index (Phi) is 5.55. The Morgan fingerprint density at radius 3 is 2.79 bits per heavy atom.